The lowest BCUT2D eigenvalue weighted by Crippen LogP contribution is -2.27. The molecule has 0 spiro atoms. The minimum atomic E-state index is -0.0927. The Balaban J connectivity index is 1.28. The van der Waals surface area contributed by atoms with Gasteiger partial charge in [-0.2, -0.15) is 5.10 Å². The molecule has 29 heavy (non-hydrogen) atoms. The fraction of sp³-hybridized carbons (Fsp3) is 0.300. The van der Waals surface area contributed by atoms with Crippen LogP contribution in [0, 0.1) is 13.8 Å². The van der Waals surface area contributed by atoms with E-state index >= 15 is 0 Å². The second kappa shape index (κ2) is 8.46. The van der Waals surface area contributed by atoms with Crippen molar-refractivity contribution in [2.45, 2.75) is 27.0 Å². The van der Waals surface area contributed by atoms with Gasteiger partial charge in [0, 0.05) is 23.9 Å². The smallest absolute Gasteiger partial charge is 0.261 e. The predicted octanol–water partition coefficient (Wildman–Crippen LogP) is 4.06. The van der Waals surface area contributed by atoms with Crippen LogP contribution < -0.4 is 19.5 Å². The molecule has 1 N–H and O–H groups in total. The molecule has 3 heterocycles. The van der Waals surface area contributed by atoms with Gasteiger partial charge < -0.3 is 19.5 Å². The quantitative estimate of drug-likeness (QED) is 0.555. The number of ether oxygens (including phenoxy) is 3. The van der Waals surface area contributed by atoms with E-state index in [4.69, 9.17) is 14.2 Å². The third-order valence-corrected chi connectivity index (χ3v) is 6.65. The zero-order valence-electron chi connectivity index (χ0n) is 16.0. The first kappa shape index (κ1) is 19.8. The molecule has 9 heteroatoms. The second-order valence-corrected chi connectivity index (χ2v) is 8.29. The van der Waals surface area contributed by atoms with E-state index in [1.54, 1.807) is 6.07 Å². The standard InChI is InChI=1S/C20H20BrN3O4S/c1-12-19(21)13(2)24(23-12)6-5-22-20(25)18-7-14(10-29-18)9-26-15-3-4-16-17(8-15)28-11-27-16/h3-4,7-8,10H,5-6,9,11H2,1-2H3,(H,22,25). The van der Waals surface area contributed by atoms with Crippen molar-refractivity contribution < 1.29 is 19.0 Å². The number of halogens is 1. The summed E-state index contributed by atoms with van der Waals surface area (Å²) in [6, 6.07) is 7.32. The number of fused-ring (bicyclic) bond motifs is 1. The molecule has 1 aromatic carbocycles. The Morgan fingerprint density at radius 2 is 2.14 bits per heavy atom. The van der Waals surface area contributed by atoms with Crippen LogP contribution in [0.2, 0.25) is 0 Å². The van der Waals surface area contributed by atoms with Crippen molar-refractivity contribution in [2.75, 3.05) is 13.3 Å². The van der Waals surface area contributed by atoms with Crippen LogP contribution in [0.5, 0.6) is 17.2 Å². The number of hydrogen-bond acceptors (Lipinski definition) is 6. The molecule has 0 saturated heterocycles. The molecule has 0 radical (unpaired) electrons. The Morgan fingerprint density at radius 1 is 1.31 bits per heavy atom. The number of thiophene rings is 1. The summed E-state index contributed by atoms with van der Waals surface area (Å²) >= 11 is 4.91. The fourth-order valence-corrected chi connectivity index (χ4v) is 4.06. The van der Waals surface area contributed by atoms with E-state index < -0.39 is 0 Å². The summed E-state index contributed by atoms with van der Waals surface area (Å²) in [6.45, 7) is 5.69. The molecule has 1 amide bonds. The number of rotatable bonds is 7. The number of carbonyl (C=O) groups excluding carboxylic acids is 1. The monoisotopic (exact) mass is 477 g/mol. The molecule has 3 aromatic rings. The average Bonchev–Trinajstić information content (AvgIpc) is 3.43. The van der Waals surface area contributed by atoms with E-state index in [1.165, 1.54) is 11.3 Å². The molecular weight excluding hydrogens is 458 g/mol. The van der Waals surface area contributed by atoms with E-state index in [-0.39, 0.29) is 12.7 Å². The highest BCUT2D eigenvalue weighted by Crippen LogP contribution is 2.35. The number of nitrogens with zero attached hydrogens (tertiary/aromatic N) is 2. The maximum absolute atomic E-state index is 12.4. The van der Waals surface area contributed by atoms with Crippen molar-refractivity contribution in [3.8, 4) is 17.2 Å². The number of benzene rings is 1. The first-order chi connectivity index (χ1) is 14.0. The molecule has 4 rings (SSSR count). The highest BCUT2D eigenvalue weighted by atomic mass is 79.9. The van der Waals surface area contributed by atoms with Gasteiger partial charge in [0.15, 0.2) is 11.5 Å². The van der Waals surface area contributed by atoms with Crippen LogP contribution >= 0.6 is 27.3 Å². The first-order valence-corrected chi connectivity index (χ1v) is 10.8. The molecule has 152 valence electrons. The molecule has 0 fully saturated rings. The largest absolute Gasteiger partial charge is 0.489 e. The third-order valence-electron chi connectivity index (χ3n) is 4.53. The normalized spacial score (nSPS) is 12.2. The topological polar surface area (TPSA) is 74.6 Å². The molecule has 7 nitrogen and oxygen atoms in total. The average molecular weight is 478 g/mol. The highest BCUT2D eigenvalue weighted by Gasteiger charge is 2.15. The van der Waals surface area contributed by atoms with Gasteiger partial charge in [0.25, 0.3) is 5.91 Å². The molecule has 0 bridgehead atoms. The lowest BCUT2D eigenvalue weighted by atomic mass is 10.3. The third kappa shape index (κ3) is 4.40. The number of amides is 1. The Bertz CT molecular complexity index is 1050. The van der Waals surface area contributed by atoms with Gasteiger partial charge in [-0.1, -0.05) is 0 Å². The minimum Gasteiger partial charge on any atom is -0.489 e. The van der Waals surface area contributed by atoms with Crippen LogP contribution in [0.4, 0.5) is 0 Å². The van der Waals surface area contributed by atoms with Gasteiger partial charge in [0.1, 0.15) is 12.4 Å². The van der Waals surface area contributed by atoms with Crippen LogP contribution in [-0.4, -0.2) is 29.0 Å². The van der Waals surface area contributed by atoms with Gasteiger partial charge >= 0.3 is 0 Å². The van der Waals surface area contributed by atoms with E-state index in [2.05, 4.69) is 26.3 Å². The van der Waals surface area contributed by atoms with Crippen LogP contribution in [0.25, 0.3) is 0 Å². The molecule has 0 saturated carbocycles. The van der Waals surface area contributed by atoms with Crippen LogP contribution in [0.3, 0.4) is 0 Å². The highest BCUT2D eigenvalue weighted by molar-refractivity contribution is 9.10. The van der Waals surface area contributed by atoms with Crippen molar-refractivity contribution >= 4 is 33.2 Å². The van der Waals surface area contributed by atoms with Crippen molar-refractivity contribution in [2.24, 2.45) is 0 Å². The van der Waals surface area contributed by atoms with Gasteiger partial charge in [-0.25, -0.2) is 0 Å². The first-order valence-electron chi connectivity index (χ1n) is 9.09. The Morgan fingerprint density at radius 3 is 2.93 bits per heavy atom. The summed E-state index contributed by atoms with van der Waals surface area (Å²) in [5, 5.41) is 9.32. The molecule has 0 unspecified atom stereocenters. The number of carbonyl (C=O) groups is 1. The second-order valence-electron chi connectivity index (χ2n) is 6.59. The van der Waals surface area contributed by atoms with E-state index in [0.717, 1.165) is 27.2 Å². The van der Waals surface area contributed by atoms with Crippen LogP contribution in [0.15, 0.2) is 34.1 Å². The van der Waals surface area contributed by atoms with Gasteiger partial charge in [-0.05, 0) is 53.4 Å². The van der Waals surface area contributed by atoms with Crippen LogP contribution in [-0.2, 0) is 13.2 Å². The van der Waals surface area contributed by atoms with E-state index in [0.29, 0.717) is 36.1 Å². The molecule has 0 atom stereocenters. The van der Waals surface area contributed by atoms with E-state index in [9.17, 15) is 4.79 Å². The zero-order valence-corrected chi connectivity index (χ0v) is 18.4. The van der Waals surface area contributed by atoms with Crippen molar-refractivity contribution in [3.05, 3.63) is 55.9 Å². The Labute approximate surface area is 180 Å². The van der Waals surface area contributed by atoms with Gasteiger partial charge in [-0.3, -0.25) is 9.48 Å². The Hall–Kier alpha value is -2.52. The van der Waals surface area contributed by atoms with Crippen molar-refractivity contribution in [1.82, 2.24) is 15.1 Å². The Kier molecular flexibility index (Phi) is 5.77. The number of nitrogens with one attached hydrogen (secondary N) is 1. The number of hydrogen-bond donors (Lipinski definition) is 1. The predicted molar refractivity (Wildman–Crippen MR) is 113 cm³/mol. The molecule has 1 aliphatic heterocycles. The zero-order chi connectivity index (χ0) is 20.4. The van der Waals surface area contributed by atoms with Gasteiger partial charge in [0.2, 0.25) is 6.79 Å². The van der Waals surface area contributed by atoms with Crippen molar-refractivity contribution in [3.63, 3.8) is 0 Å². The van der Waals surface area contributed by atoms with Crippen molar-refractivity contribution in [1.29, 1.82) is 0 Å². The number of aromatic nitrogens is 2. The summed E-state index contributed by atoms with van der Waals surface area (Å²) in [6.07, 6.45) is 0. The summed E-state index contributed by atoms with van der Waals surface area (Å²) in [4.78, 5) is 13.1. The lowest BCUT2D eigenvalue weighted by molar-refractivity contribution is 0.0955. The summed E-state index contributed by atoms with van der Waals surface area (Å²) in [5.41, 5.74) is 2.94. The molecule has 1 aliphatic rings. The fourth-order valence-electron chi connectivity index (χ4n) is 2.96. The summed E-state index contributed by atoms with van der Waals surface area (Å²) < 4.78 is 19.3. The van der Waals surface area contributed by atoms with Gasteiger partial charge in [-0.15, -0.1) is 11.3 Å². The maximum atomic E-state index is 12.4. The summed E-state index contributed by atoms with van der Waals surface area (Å²) in [7, 11) is 0. The number of aryl methyl sites for hydroxylation is 1. The van der Waals surface area contributed by atoms with E-state index in [1.807, 2.05) is 42.1 Å². The minimum absolute atomic E-state index is 0.0927. The molecule has 0 aliphatic carbocycles. The maximum Gasteiger partial charge on any atom is 0.261 e. The van der Waals surface area contributed by atoms with Gasteiger partial charge in [0.05, 0.1) is 21.6 Å². The SMILES string of the molecule is Cc1nn(CCNC(=O)c2cc(COc3ccc4c(c3)OCO4)cs2)c(C)c1Br. The molecule has 2 aromatic heterocycles. The lowest BCUT2D eigenvalue weighted by Gasteiger charge is -2.06. The van der Waals surface area contributed by atoms with Crippen LogP contribution in [0.1, 0.15) is 26.6 Å². The summed E-state index contributed by atoms with van der Waals surface area (Å²) in [5.74, 6) is 2.01. The molecular formula is C20H20BrN3O4S.